The molecule has 36 heavy (non-hydrogen) atoms. The molecule has 2 aliphatic heterocycles. The molecule has 5 rings (SSSR count). The van der Waals surface area contributed by atoms with Crippen LogP contribution in [0.25, 0.3) is 10.2 Å². The van der Waals surface area contributed by atoms with E-state index in [0.29, 0.717) is 40.0 Å². The molecule has 0 saturated carbocycles. The number of carbonyl (C=O) groups excluding carboxylic acids is 1. The number of nitrogens with zero attached hydrogens (tertiary/aromatic N) is 3. The summed E-state index contributed by atoms with van der Waals surface area (Å²) in [5.74, 6) is -0.498. The number of hydrogen-bond acceptors (Lipinski definition) is 6. The van der Waals surface area contributed by atoms with Gasteiger partial charge in [0.25, 0.3) is 0 Å². The maximum Gasteiger partial charge on any atom is 0.243 e. The van der Waals surface area contributed by atoms with Gasteiger partial charge in [0, 0.05) is 17.1 Å². The monoisotopic (exact) mass is 550 g/mol. The third-order valence-corrected chi connectivity index (χ3v) is 10.4. The lowest BCUT2D eigenvalue weighted by atomic mass is 9.74. The van der Waals surface area contributed by atoms with Gasteiger partial charge in [-0.05, 0) is 88.0 Å². The SMILES string of the molecule is CC1(C)CC2(CCN(CC(=O)Nc3nc4ccc(F)cc4s3)CC2)CN1S(=O)(=O)c1cccc(Cl)c1. The van der Waals surface area contributed by atoms with E-state index in [9.17, 15) is 17.6 Å². The average Bonchev–Trinajstić information content (AvgIpc) is 3.32. The highest BCUT2D eigenvalue weighted by Crippen LogP contribution is 2.50. The Morgan fingerprint density at radius 2 is 1.94 bits per heavy atom. The first-order chi connectivity index (χ1) is 17.0. The van der Waals surface area contributed by atoms with Crippen LogP contribution in [0.4, 0.5) is 9.52 Å². The first-order valence-corrected chi connectivity index (χ1v) is 14.5. The summed E-state index contributed by atoms with van der Waals surface area (Å²) in [6, 6.07) is 10.8. The number of aromatic nitrogens is 1. The van der Waals surface area contributed by atoms with Crippen LogP contribution in [-0.2, 0) is 14.8 Å². The summed E-state index contributed by atoms with van der Waals surface area (Å²) < 4.78 is 42.7. The van der Waals surface area contributed by atoms with Crippen molar-refractivity contribution in [2.75, 3.05) is 31.5 Å². The van der Waals surface area contributed by atoms with Crippen LogP contribution in [-0.4, -0.2) is 60.2 Å². The minimum atomic E-state index is -3.68. The number of fused-ring (bicyclic) bond motifs is 1. The van der Waals surface area contributed by atoms with Crippen LogP contribution in [0.3, 0.4) is 0 Å². The van der Waals surface area contributed by atoms with Crippen molar-refractivity contribution in [3.63, 3.8) is 0 Å². The third kappa shape index (κ3) is 5.02. The number of thiazole rings is 1. The Hall–Kier alpha value is -2.11. The van der Waals surface area contributed by atoms with E-state index in [1.807, 2.05) is 13.8 Å². The van der Waals surface area contributed by atoms with Gasteiger partial charge in [-0.3, -0.25) is 9.69 Å². The number of likely N-dealkylation sites (tertiary alicyclic amines) is 1. The molecule has 2 aromatic carbocycles. The van der Waals surface area contributed by atoms with Crippen LogP contribution in [0.15, 0.2) is 47.4 Å². The normalized spacial score (nSPS) is 20.2. The van der Waals surface area contributed by atoms with Crippen LogP contribution in [0.1, 0.15) is 33.1 Å². The van der Waals surface area contributed by atoms with Crippen molar-refractivity contribution in [2.24, 2.45) is 5.41 Å². The van der Waals surface area contributed by atoms with Crippen LogP contribution < -0.4 is 5.32 Å². The second-order valence-electron chi connectivity index (χ2n) is 10.4. The largest absolute Gasteiger partial charge is 0.301 e. The zero-order chi connectivity index (χ0) is 25.7. The van der Waals surface area contributed by atoms with Crippen molar-refractivity contribution in [1.29, 1.82) is 0 Å². The average molecular weight is 551 g/mol. The van der Waals surface area contributed by atoms with E-state index < -0.39 is 15.6 Å². The standard InChI is InChI=1S/C25H28ClFN4O3S2/c1-24(2)15-25(16-31(24)36(33,34)19-5-3-4-17(26)12-19)8-10-30(11-9-25)14-22(32)29-23-28-20-7-6-18(27)13-21(20)35-23/h3-7,12-13H,8-11,14-16H2,1-2H3,(H,28,29,32). The van der Waals surface area contributed by atoms with Gasteiger partial charge in [-0.2, -0.15) is 4.31 Å². The summed E-state index contributed by atoms with van der Waals surface area (Å²) in [6.45, 7) is 6.06. The fraction of sp³-hybridized carbons (Fsp3) is 0.440. The molecule has 2 fully saturated rings. The van der Waals surface area contributed by atoms with E-state index in [-0.39, 0.29) is 28.6 Å². The summed E-state index contributed by atoms with van der Waals surface area (Å²) in [5, 5.41) is 3.68. The van der Waals surface area contributed by atoms with Crippen LogP contribution in [0, 0.1) is 11.2 Å². The molecule has 0 unspecified atom stereocenters. The highest BCUT2D eigenvalue weighted by molar-refractivity contribution is 7.89. The summed E-state index contributed by atoms with van der Waals surface area (Å²) >= 11 is 7.31. The van der Waals surface area contributed by atoms with Gasteiger partial charge in [-0.25, -0.2) is 17.8 Å². The fourth-order valence-corrected chi connectivity index (χ4v) is 8.68. The highest BCUT2D eigenvalue weighted by atomic mass is 35.5. The molecule has 0 radical (unpaired) electrons. The number of carbonyl (C=O) groups is 1. The van der Waals surface area contributed by atoms with Gasteiger partial charge in [0.2, 0.25) is 15.9 Å². The second-order valence-corrected chi connectivity index (χ2v) is 13.7. The molecule has 3 aromatic rings. The van der Waals surface area contributed by atoms with Crippen molar-refractivity contribution in [2.45, 2.75) is 43.5 Å². The molecule has 2 aliphatic rings. The molecular formula is C25H28ClFN4O3S2. The molecule has 1 spiro atoms. The Morgan fingerprint density at radius 1 is 1.19 bits per heavy atom. The zero-order valence-corrected chi connectivity index (χ0v) is 22.5. The summed E-state index contributed by atoms with van der Waals surface area (Å²) in [5.41, 5.74) is 0.00410. The van der Waals surface area contributed by atoms with Gasteiger partial charge in [0.15, 0.2) is 5.13 Å². The van der Waals surface area contributed by atoms with E-state index in [4.69, 9.17) is 11.6 Å². The molecule has 192 valence electrons. The van der Waals surface area contributed by atoms with Crippen LogP contribution in [0.2, 0.25) is 5.02 Å². The quantitative estimate of drug-likeness (QED) is 0.484. The van der Waals surface area contributed by atoms with Gasteiger partial charge in [0.1, 0.15) is 5.82 Å². The van der Waals surface area contributed by atoms with Crippen molar-refractivity contribution < 1.29 is 17.6 Å². The van der Waals surface area contributed by atoms with Gasteiger partial charge < -0.3 is 5.32 Å². The lowest BCUT2D eigenvalue weighted by molar-refractivity contribution is -0.117. The molecule has 1 amide bonds. The third-order valence-electron chi connectivity index (χ3n) is 7.23. The Bertz CT molecular complexity index is 1420. The topological polar surface area (TPSA) is 82.6 Å². The Labute approximate surface area is 219 Å². The first-order valence-electron chi connectivity index (χ1n) is 11.8. The predicted octanol–water partition coefficient (Wildman–Crippen LogP) is 4.98. The van der Waals surface area contributed by atoms with Crippen molar-refractivity contribution in [3.05, 3.63) is 53.3 Å². The van der Waals surface area contributed by atoms with Crippen LogP contribution in [0.5, 0.6) is 0 Å². The number of benzene rings is 2. The van der Waals surface area contributed by atoms with E-state index in [1.165, 1.54) is 29.5 Å². The summed E-state index contributed by atoms with van der Waals surface area (Å²) in [7, 11) is -3.68. The molecule has 11 heteroatoms. The van der Waals surface area contributed by atoms with E-state index in [1.54, 1.807) is 28.6 Å². The lowest BCUT2D eigenvalue weighted by Gasteiger charge is -2.39. The number of halogens is 2. The number of hydrogen-bond donors (Lipinski definition) is 1. The van der Waals surface area contributed by atoms with Crippen LogP contribution >= 0.6 is 22.9 Å². The number of amides is 1. The van der Waals surface area contributed by atoms with Crippen molar-refractivity contribution in [1.82, 2.24) is 14.2 Å². The number of nitrogens with one attached hydrogen (secondary N) is 1. The molecular weight excluding hydrogens is 523 g/mol. The van der Waals surface area contributed by atoms with Crippen molar-refractivity contribution >= 4 is 54.2 Å². The molecule has 0 atom stereocenters. The number of piperidine rings is 1. The van der Waals surface area contributed by atoms with Gasteiger partial charge >= 0.3 is 0 Å². The summed E-state index contributed by atoms with van der Waals surface area (Å²) in [4.78, 5) is 19.3. The molecule has 0 bridgehead atoms. The molecule has 3 heterocycles. The summed E-state index contributed by atoms with van der Waals surface area (Å²) in [6.07, 6.45) is 2.39. The minimum Gasteiger partial charge on any atom is -0.301 e. The number of anilines is 1. The van der Waals surface area contributed by atoms with E-state index >= 15 is 0 Å². The first kappa shape index (κ1) is 25.5. The highest BCUT2D eigenvalue weighted by Gasteiger charge is 2.53. The number of sulfonamides is 1. The lowest BCUT2D eigenvalue weighted by Crippen LogP contribution is -2.45. The second kappa shape index (κ2) is 9.33. The zero-order valence-electron chi connectivity index (χ0n) is 20.1. The smallest absolute Gasteiger partial charge is 0.243 e. The molecule has 7 nitrogen and oxygen atoms in total. The fourth-order valence-electron chi connectivity index (χ4n) is 5.58. The Balaban J connectivity index is 1.21. The number of rotatable bonds is 5. The molecule has 0 aliphatic carbocycles. The molecule has 1 aromatic heterocycles. The van der Waals surface area contributed by atoms with Gasteiger partial charge in [-0.15, -0.1) is 0 Å². The van der Waals surface area contributed by atoms with Gasteiger partial charge in [-0.1, -0.05) is 29.0 Å². The van der Waals surface area contributed by atoms with Gasteiger partial charge in [0.05, 0.1) is 21.7 Å². The maximum absolute atomic E-state index is 13.5. The Kier molecular flexibility index (Phi) is 6.61. The minimum absolute atomic E-state index is 0.126. The maximum atomic E-state index is 13.5. The van der Waals surface area contributed by atoms with E-state index in [0.717, 1.165) is 19.3 Å². The molecule has 1 N–H and O–H groups in total. The Morgan fingerprint density at radius 3 is 2.67 bits per heavy atom. The molecule has 2 saturated heterocycles. The predicted molar refractivity (Wildman–Crippen MR) is 140 cm³/mol. The van der Waals surface area contributed by atoms with E-state index in [2.05, 4.69) is 15.2 Å². The van der Waals surface area contributed by atoms with Crippen molar-refractivity contribution in [3.8, 4) is 0 Å².